The van der Waals surface area contributed by atoms with Crippen LogP contribution >= 0.6 is 11.8 Å². The molecule has 2 unspecified atom stereocenters. The van der Waals surface area contributed by atoms with Crippen molar-refractivity contribution in [2.75, 3.05) is 20.7 Å². The van der Waals surface area contributed by atoms with Crippen LogP contribution in [0.3, 0.4) is 0 Å². The molecule has 1 aliphatic carbocycles. The highest BCUT2D eigenvalue weighted by atomic mass is 32.2. The number of hydrogen-bond acceptors (Lipinski definition) is 10. The Bertz CT molecular complexity index is 1300. The lowest BCUT2D eigenvalue weighted by atomic mass is 9.93. The summed E-state index contributed by atoms with van der Waals surface area (Å²) in [6.45, 7) is 9.93. The zero-order valence-corrected chi connectivity index (χ0v) is 25.2. The first-order valence-corrected chi connectivity index (χ1v) is 14.5. The standard InChI is InChI=1S/C24H25F2N7O3S.2C2H6/c1-12-28-22(32-36-12)18-9-14(15-8-17(21(25)26)27-10-19(15)35-3)16(11-33(18)2)23(34)29-24-31-30-20(37-24)7-6-13-4-5-13;2*1-2/h8-10,12-13,20-21,30H,4-5,11H2,1-3H3,(H,28,32)(H,29,31,34);2*1-2H3. The Morgan fingerprint density at radius 3 is 2.61 bits per heavy atom. The maximum absolute atomic E-state index is 13.6. The van der Waals surface area contributed by atoms with Crippen LogP contribution in [-0.2, 0) is 9.63 Å². The zero-order chi connectivity index (χ0) is 30.1. The quantitative estimate of drug-likeness (QED) is 0.434. The maximum atomic E-state index is 13.6. The third kappa shape index (κ3) is 7.98. The summed E-state index contributed by atoms with van der Waals surface area (Å²) in [5.74, 6) is 7.04. The van der Waals surface area contributed by atoms with E-state index in [9.17, 15) is 13.6 Å². The van der Waals surface area contributed by atoms with Crippen molar-refractivity contribution in [1.82, 2.24) is 26.1 Å². The third-order valence-corrected chi connectivity index (χ3v) is 6.79. The van der Waals surface area contributed by atoms with Crippen LogP contribution in [-0.4, -0.2) is 59.1 Å². The summed E-state index contributed by atoms with van der Waals surface area (Å²) in [7, 11) is 3.21. The van der Waals surface area contributed by atoms with Crippen LogP contribution in [0.2, 0.25) is 0 Å². The number of rotatable bonds is 5. The molecule has 1 saturated carbocycles. The van der Waals surface area contributed by atoms with Gasteiger partial charge in [-0.2, -0.15) is 5.10 Å². The average Bonchev–Trinajstić information content (AvgIpc) is 3.56. The van der Waals surface area contributed by atoms with Gasteiger partial charge in [0.25, 0.3) is 12.3 Å². The Morgan fingerprint density at radius 2 is 2.00 bits per heavy atom. The second kappa shape index (κ2) is 14.8. The fraction of sp³-hybridized carbons (Fsp3) is 0.500. The van der Waals surface area contributed by atoms with Gasteiger partial charge in [0.1, 0.15) is 11.4 Å². The Kier molecular flexibility index (Phi) is 11.5. The van der Waals surface area contributed by atoms with Crippen LogP contribution in [0.15, 0.2) is 39.7 Å². The first-order valence-electron chi connectivity index (χ1n) is 13.6. The highest BCUT2D eigenvalue weighted by Gasteiger charge is 2.31. The summed E-state index contributed by atoms with van der Waals surface area (Å²) >= 11 is 1.31. The highest BCUT2D eigenvalue weighted by Crippen LogP contribution is 2.36. The number of methoxy groups -OCH3 is 1. The number of nitrogens with one attached hydrogen (secondary N) is 3. The summed E-state index contributed by atoms with van der Waals surface area (Å²) in [6, 6.07) is 1.24. The Hall–Kier alpha value is -3.63. The molecule has 0 radical (unpaired) electrons. The second-order valence-corrected chi connectivity index (χ2v) is 9.84. The molecule has 222 valence electrons. The number of thioether (sulfide) groups is 1. The molecule has 2 atom stereocenters. The lowest BCUT2D eigenvalue weighted by Crippen LogP contribution is -2.39. The topological polar surface area (TPSA) is 112 Å². The molecule has 0 spiro atoms. The largest absolute Gasteiger partial charge is 0.494 e. The number of alkyl halides is 2. The van der Waals surface area contributed by atoms with E-state index >= 15 is 0 Å². The lowest BCUT2D eigenvalue weighted by Gasteiger charge is -2.30. The molecule has 3 N–H and O–H groups in total. The predicted octanol–water partition coefficient (Wildman–Crippen LogP) is 4.41. The summed E-state index contributed by atoms with van der Waals surface area (Å²) in [5, 5.41) is 7.15. The molecular weight excluding hydrogens is 552 g/mol. The Morgan fingerprint density at radius 1 is 1.27 bits per heavy atom. The molecule has 4 aliphatic rings. The van der Waals surface area contributed by atoms with E-state index in [4.69, 9.17) is 9.57 Å². The van der Waals surface area contributed by atoms with E-state index in [-0.39, 0.29) is 17.7 Å². The smallest absolute Gasteiger partial charge is 0.280 e. The van der Waals surface area contributed by atoms with Crippen molar-refractivity contribution in [2.24, 2.45) is 16.0 Å². The summed E-state index contributed by atoms with van der Waals surface area (Å²) in [5.41, 5.74) is 6.93. The molecule has 4 heterocycles. The number of ether oxygens (including phenoxy) is 1. The van der Waals surface area contributed by atoms with Crippen LogP contribution in [0.5, 0.6) is 5.75 Å². The molecule has 1 aromatic rings. The van der Waals surface area contributed by atoms with Gasteiger partial charge in [0, 0.05) is 30.6 Å². The molecule has 3 aliphatic heterocycles. The van der Waals surface area contributed by atoms with Crippen molar-refractivity contribution < 1.29 is 23.1 Å². The van der Waals surface area contributed by atoms with E-state index < -0.39 is 24.3 Å². The van der Waals surface area contributed by atoms with Gasteiger partial charge >= 0.3 is 0 Å². The fourth-order valence-corrected chi connectivity index (χ4v) is 4.58. The summed E-state index contributed by atoms with van der Waals surface area (Å²) < 4.78 is 32.5. The number of allylic oxidation sites excluding steroid dienone is 2. The number of hydrazone groups is 1. The number of likely N-dealkylation sites (N-methyl/N-ethyl adjacent to an activating group) is 1. The third-order valence-electron chi connectivity index (χ3n) is 5.92. The zero-order valence-electron chi connectivity index (χ0n) is 24.3. The number of hydroxylamine groups is 1. The molecule has 0 saturated heterocycles. The minimum Gasteiger partial charge on any atom is -0.494 e. The first-order chi connectivity index (χ1) is 19.8. The molecule has 1 aromatic heterocycles. The van der Waals surface area contributed by atoms with E-state index in [0.29, 0.717) is 39.3 Å². The number of amidine groups is 2. The molecule has 0 bridgehead atoms. The highest BCUT2D eigenvalue weighted by molar-refractivity contribution is 8.14. The van der Waals surface area contributed by atoms with Crippen molar-refractivity contribution >= 4 is 34.2 Å². The maximum Gasteiger partial charge on any atom is 0.280 e. The van der Waals surface area contributed by atoms with Gasteiger partial charge in [-0.3, -0.25) is 20.5 Å². The Labute approximate surface area is 244 Å². The van der Waals surface area contributed by atoms with Crippen LogP contribution in [0.25, 0.3) is 5.57 Å². The number of carbonyl (C=O) groups is 1. The van der Waals surface area contributed by atoms with E-state index in [2.05, 4.69) is 43.1 Å². The van der Waals surface area contributed by atoms with E-state index in [1.54, 1.807) is 20.0 Å². The number of halogens is 2. The van der Waals surface area contributed by atoms with Crippen molar-refractivity contribution in [3.63, 3.8) is 0 Å². The fourth-order valence-electron chi connectivity index (χ4n) is 3.87. The minimum atomic E-state index is -2.80. The van der Waals surface area contributed by atoms with Gasteiger partial charge in [-0.25, -0.2) is 24.1 Å². The lowest BCUT2D eigenvalue weighted by molar-refractivity contribution is -0.116. The summed E-state index contributed by atoms with van der Waals surface area (Å²) in [6.07, 6.45) is 1.97. The van der Waals surface area contributed by atoms with Crippen LogP contribution in [0.4, 0.5) is 8.78 Å². The van der Waals surface area contributed by atoms with Gasteiger partial charge in [0.15, 0.2) is 22.6 Å². The first kappa shape index (κ1) is 31.9. The van der Waals surface area contributed by atoms with Gasteiger partial charge in [-0.05, 0) is 49.2 Å². The van der Waals surface area contributed by atoms with Crippen LogP contribution in [0, 0.1) is 17.8 Å². The van der Waals surface area contributed by atoms with E-state index in [1.165, 1.54) is 31.1 Å². The number of nitrogens with zero attached hydrogens (tertiary/aromatic N) is 4. The van der Waals surface area contributed by atoms with Crippen molar-refractivity contribution in [2.45, 2.75) is 65.5 Å². The van der Waals surface area contributed by atoms with Gasteiger partial charge in [0.2, 0.25) is 0 Å². The molecule has 13 heteroatoms. The number of aliphatic imine (C=N–C) groups is 1. The SMILES string of the molecule is CC.CC.COc1cnc(C(F)F)cc1C1=C(C(=O)NC2=NNC(C#CC3CC3)S2)CN(C)C(C2=NC(C)ON2)=C1. The van der Waals surface area contributed by atoms with Gasteiger partial charge < -0.3 is 9.64 Å². The van der Waals surface area contributed by atoms with Crippen molar-refractivity contribution in [3.8, 4) is 17.6 Å². The molecule has 1 amide bonds. The number of pyridine rings is 1. The Balaban J connectivity index is 0.00000111. The van der Waals surface area contributed by atoms with E-state index in [0.717, 1.165) is 12.8 Å². The molecule has 5 rings (SSSR count). The normalized spacial score (nSPS) is 21.0. The monoisotopic (exact) mass is 589 g/mol. The van der Waals surface area contributed by atoms with E-state index in [1.807, 2.05) is 32.6 Å². The van der Waals surface area contributed by atoms with Gasteiger partial charge in [-0.15, -0.1) is 0 Å². The van der Waals surface area contributed by atoms with Crippen LogP contribution in [0.1, 0.15) is 65.1 Å². The molecule has 0 aromatic carbocycles. The number of aromatic nitrogens is 1. The number of carbonyl (C=O) groups excluding carboxylic acids is 1. The number of amides is 1. The van der Waals surface area contributed by atoms with Crippen molar-refractivity contribution in [3.05, 3.63) is 40.9 Å². The summed E-state index contributed by atoms with van der Waals surface area (Å²) in [4.78, 5) is 28.9. The molecule has 41 heavy (non-hydrogen) atoms. The predicted molar refractivity (Wildman–Crippen MR) is 158 cm³/mol. The number of hydrogen-bond donors (Lipinski definition) is 3. The second-order valence-electron chi connectivity index (χ2n) is 8.75. The van der Waals surface area contributed by atoms with Gasteiger partial charge in [0.05, 0.1) is 19.0 Å². The van der Waals surface area contributed by atoms with Crippen LogP contribution < -0.4 is 21.0 Å². The average molecular weight is 590 g/mol. The molecular formula is C28H37F2N7O3S. The van der Waals surface area contributed by atoms with Crippen molar-refractivity contribution in [1.29, 1.82) is 0 Å². The molecule has 10 nitrogen and oxygen atoms in total. The van der Waals surface area contributed by atoms with Gasteiger partial charge in [-0.1, -0.05) is 39.5 Å². The minimum absolute atomic E-state index is 0.161. The molecule has 1 fully saturated rings.